The summed E-state index contributed by atoms with van der Waals surface area (Å²) in [6, 6.07) is 7.38. The van der Waals surface area contributed by atoms with Crippen molar-refractivity contribution in [1.29, 1.82) is 0 Å². The van der Waals surface area contributed by atoms with Gasteiger partial charge in [-0.1, -0.05) is 28.1 Å². The van der Waals surface area contributed by atoms with Crippen LogP contribution in [0.1, 0.15) is 29.6 Å². The number of hydrogen-bond donors (Lipinski definition) is 2. The highest BCUT2D eigenvalue weighted by molar-refractivity contribution is 9.10. The smallest absolute Gasteiger partial charge is 0.176 e. The fourth-order valence-corrected chi connectivity index (χ4v) is 1.74. The van der Waals surface area contributed by atoms with Crippen LogP contribution in [0.5, 0.6) is 0 Å². The highest BCUT2D eigenvalue weighted by Crippen LogP contribution is 2.10. The quantitative estimate of drug-likeness (QED) is 0.572. The number of carbonyl (C=O) groups excluding carboxylic acids is 1. The standard InChI is InChI=1S/C13H18BrNO2/c14-12-6-4-11(5-7-12)13(17)10-15-8-2-1-3-9-16/h4-7,15-16H,1-3,8-10H2. The van der Waals surface area contributed by atoms with E-state index in [1.54, 1.807) is 0 Å². The van der Waals surface area contributed by atoms with Crippen molar-refractivity contribution in [3.63, 3.8) is 0 Å². The molecule has 0 saturated heterocycles. The van der Waals surface area contributed by atoms with Crippen LogP contribution in [-0.4, -0.2) is 30.6 Å². The number of aliphatic hydroxyl groups excluding tert-OH is 1. The lowest BCUT2D eigenvalue weighted by Gasteiger charge is -2.04. The van der Waals surface area contributed by atoms with E-state index in [1.807, 2.05) is 24.3 Å². The molecule has 0 heterocycles. The maximum atomic E-state index is 11.7. The molecule has 0 aliphatic carbocycles. The molecule has 0 aromatic heterocycles. The van der Waals surface area contributed by atoms with E-state index in [0.29, 0.717) is 6.54 Å². The van der Waals surface area contributed by atoms with Crippen LogP contribution in [0.4, 0.5) is 0 Å². The average molecular weight is 300 g/mol. The molecule has 1 aromatic rings. The van der Waals surface area contributed by atoms with Gasteiger partial charge < -0.3 is 10.4 Å². The summed E-state index contributed by atoms with van der Waals surface area (Å²) in [5.41, 5.74) is 0.732. The summed E-state index contributed by atoms with van der Waals surface area (Å²) in [5.74, 6) is 0.111. The number of aliphatic hydroxyl groups is 1. The third kappa shape index (κ3) is 5.96. The van der Waals surface area contributed by atoms with Crippen LogP contribution in [0.25, 0.3) is 0 Å². The molecular weight excluding hydrogens is 282 g/mol. The zero-order valence-corrected chi connectivity index (χ0v) is 11.4. The number of hydrogen-bond acceptors (Lipinski definition) is 3. The Labute approximate surface area is 110 Å². The summed E-state index contributed by atoms with van der Waals surface area (Å²) in [7, 11) is 0. The number of carbonyl (C=O) groups is 1. The first-order valence-corrected chi connectivity index (χ1v) is 6.63. The Kier molecular flexibility index (Phi) is 7.08. The van der Waals surface area contributed by atoms with Crippen molar-refractivity contribution in [3.05, 3.63) is 34.3 Å². The summed E-state index contributed by atoms with van der Waals surface area (Å²) in [5, 5.41) is 11.7. The molecule has 0 radical (unpaired) electrons. The molecule has 94 valence electrons. The largest absolute Gasteiger partial charge is 0.396 e. The number of nitrogens with one attached hydrogen (secondary N) is 1. The van der Waals surface area contributed by atoms with Gasteiger partial charge in [0.15, 0.2) is 5.78 Å². The lowest BCUT2D eigenvalue weighted by Crippen LogP contribution is -2.24. The van der Waals surface area contributed by atoms with Crippen molar-refractivity contribution >= 4 is 21.7 Å². The highest BCUT2D eigenvalue weighted by atomic mass is 79.9. The first-order chi connectivity index (χ1) is 8.24. The molecule has 0 atom stereocenters. The second-order valence-corrected chi connectivity index (χ2v) is 4.81. The van der Waals surface area contributed by atoms with Gasteiger partial charge in [-0.15, -0.1) is 0 Å². The molecule has 0 aliphatic rings. The van der Waals surface area contributed by atoms with E-state index in [4.69, 9.17) is 5.11 Å². The summed E-state index contributed by atoms with van der Waals surface area (Å²) >= 11 is 3.34. The Morgan fingerprint density at radius 3 is 2.53 bits per heavy atom. The average Bonchev–Trinajstić information content (AvgIpc) is 2.34. The SMILES string of the molecule is O=C(CNCCCCCO)c1ccc(Br)cc1. The van der Waals surface area contributed by atoms with Gasteiger partial charge in [-0.2, -0.15) is 0 Å². The minimum absolute atomic E-state index is 0.111. The highest BCUT2D eigenvalue weighted by Gasteiger charge is 2.04. The van der Waals surface area contributed by atoms with Crippen LogP contribution in [0.15, 0.2) is 28.7 Å². The molecule has 0 saturated carbocycles. The number of benzene rings is 1. The van der Waals surface area contributed by atoms with Gasteiger partial charge in [0.2, 0.25) is 0 Å². The molecule has 17 heavy (non-hydrogen) atoms. The monoisotopic (exact) mass is 299 g/mol. The maximum Gasteiger partial charge on any atom is 0.176 e. The van der Waals surface area contributed by atoms with E-state index < -0.39 is 0 Å². The number of rotatable bonds is 8. The zero-order valence-electron chi connectivity index (χ0n) is 9.79. The number of ketones is 1. The molecule has 0 bridgehead atoms. The molecule has 4 heteroatoms. The second-order valence-electron chi connectivity index (χ2n) is 3.89. The third-order valence-electron chi connectivity index (χ3n) is 2.46. The predicted octanol–water partition coefficient (Wildman–Crippen LogP) is 2.38. The van der Waals surface area contributed by atoms with Gasteiger partial charge in [0.25, 0.3) is 0 Å². The Hall–Kier alpha value is -0.710. The fraction of sp³-hybridized carbons (Fsp3) is 0.462. The van der Waals surface area contributed by atoms with Crippen LogP contribution in [0.2, 0.25) is 0 Å². The molecule has 0 aliphatic heterocycles. The van der Waals surface area contributed by atoms with Gasteiger partial charge in [0, 0.05) is 16.6 Å². The Morgan fingerprint density at radius 2 is 1.88 bits per heavy atom. The van der Waals surface area contributed by atoms with Gasteiger partial charge in [-0.25, -0.2) is 0 Å². The summed E-state index contributed by atoms with van der Waals surface area (Å²) < 4.78 is 0.978. The minimum Gasteiger partial charge on any atom is -0.396 e. The van der Waals surface area contributed by atoms with Crippen LogP contribution < -0.4 is 5.32 Å². The number of Topliss-reactive ketones (excluding diaryl/α,β-unsaturated/α-hetero) is 1. The first kappa shape index (κ1) is 14.4. The molecule has 0 amide bonds. The van der Waals surface area contributed by atoms with Crippen LogP contribution in [-0.2, 0) is 0 Å². The van der Waals surface area contributed by atoms with Gasteiger partial charge in [-0.3, -0.25) is 4.79 Å². The van der Waals surface area contributed by atoms with Crippen molar-refractivity contribution in [2.75, 3.05) is 19.7 Å². The van der Waals surface area contributed by atoms with Gasteiger partial charge >= 0.3 is 0 Å². The Morgan fingerprint density at radius 1 is 1.18 bits per heavy atom. The third-order valence-corrected chi connectivity index (χ3v) is 2.99. The predicted molar refractivity (Wildman–Crippen MR) is 72.3 cm³/mol. The summed E-state index contributed by atoms with van der Waals surface area (Å²) in [6.45, 7) is 1.45. The van der Waals surface area contributed by atoms with Crippen molar-refractivity contribution in [3.8, 4) is 0 Å². The zero-order chi connectivity index (χ0) is 12.5. The van der Waals surface area contributed by atoms with Crippen LogP contribution in [0.3, 0.4) is 0 Å². The van der Waals surface area contributed by atoms with Crippen molar-refractivity contribution in [1.82, 2.24) is 5.32 Å². The van der Waals surface area contributed by atoms with Gasteiger partial charge in [0.1, 0.15) is 0 Å². The van der Waals surface area contributed by atoms with Gasteiger partial charge in [0.05, 0.1) is 6.54 Å². The fourth-order valence-electron chi connectivity index (χ4n) is 1.48. The topological polar surface area (TPSA) is 49.3 Å². The van der Waals surface area contributed by atoms with Crippen molar-refractivity contribution < 1.29 is 9.90 Å². The molecule has 0 spiro atoms. The molecule has 0 unspecified atom stereocenters. The van der Waals surface area contributed by atoms with E-state index in [-0.39, 0.29) is 12.4 Å². The molecular formula is C13H18BrNO2. The molecule has 1 rings (SSSR count). The molecule has 1 aromatic carbocycles. The van der Waals surface area contributed by atoms with Crippen molar-refractivity contribution in [2.45, 2.75) is 19.3 Å². The first-order valence-electron chi connectivity index (χ1n) is 5.84. The second kappa shape index (κ2) is 8.39. The molecule has 0 fully saturated rings. The van der Waals surface area contributed by atoms with E-state index in [1.165, 1.54) is 0 Å². The van der Waals surface area contributed by atoms with Crippen LogP contribution >= 0.6 is 15.9 Å². The summed E-state index contributed by atoms with van der Waals surface area (Å²) in [6.07, 6.45) is 2.83. The summed E-state index contributed by atoms with van der Waals surface area (Å²) in [4.78, 5) is 11.7. The normalized spacial score (nSPS) is 10.5. The lowest BCUT2D eigenvalue weighted by atomic mass is 10.1. The minimum atomic E-state index is 0.111. The lowest BCUT2D eigenvalue weighted by molar-refractivity contribution is 0.0991. The van der Waals surface area contributed by atoms with E-state index >= 15 is 0 Å². The van der Waals surface area contributed by atoms with Crippen molar-refractivity contribution in [2.24, 2.45) is 0 Å². The molecule has 2 N–H and O–H groups in total. The Balaban J connectivity index is 2.19. The molecule has 3 nitrogen and oxygen atoms in total. The van der Waals surface area contributed by atoms with E-state index in [9.17, 15) is 4.79 Å². The van der Waals surface area contributed by atoms with E-state index in [0.717, 1.165) is 35.8 Å². The Bertz CT molecular complexity index is 338. The number of halogens is 1. The van der Waals surface area contributed by atoms with E-state index in [2.05, 4.69) is 21.2 Å². The van der Waals surface area contributed by atoms with Crippen LogP contribution in [0, 0.1) is 0 Å². The van der Waals surface area contributed by atoms with Gasteiger partial charge in [-0.05, 0) is 37.9 Å². The number of unbranched alkanes of at least 4 members (excludes halogenated alkanes) is 2. The maximum absolute atomic E-state index is 11.7.